The molecular formula is C12H8F2N2O. The van der Waals surface area contributed by atoms with E-state index in [1.165, 1.54) is 18.3 Å². The molecule has 0 aliphatic rings. The van der Waals surface area contributed by atoms with E-state index in [4.69, 9.17) is 0 Å². The summed E-state index contributed by atoms with van der Waals surface area (Å²) in [7, 11) is 0. The summed E-state index contributed by atoms with van der Waals surface area (Å²) in [4.78, 5) is 14.6. The Hall–Kier alpha value is -2.30. The predicted molar refractivity (Wildman–Crippen MR) is 59.3 cm³/mol. The van der Waals surface area contributed by atoms with Gasteiger partial charge in [-0.05, 0) is 24.3 Å². The van der Waals surface area contributed by atoms with Gasteiger partial charge in [0, 0.05) is 6.20 Å². The zero-order valence-corrected chi connectivity index (χ0v) is 8.65. The Kier molecular flexibility index (Phi) is 3.09. The molecule has 0 spiro atoms. The number of hydrogen-bond acceptors (Lipinski definition) is 3. The average Bonchev–Trinajstić information content (AvgIpc) is 2.34. The van der Waals surface area contributed by atoms with Crippen LogP contribution < -0.4 is 5.32 Å². The third kappa shape index (κ3) is 2.28. The van der Waals surface area contributed by atoms with Crippen LogP contribution in [0.15, 0.2) is 36.5 Å². The lowest BCUT2D eigenvalue weighted by Gasteiger charge is -2.08. The summed E-state index contributed by atoms with van der Waals surface area (Å²) in [5.41, 5.74) is -0.0931. The van der Waals surface area contributed by atoms with Gasteiger partial charge in [-0.3, -0.25) is 4.79 Å². The minimum absolute atomic E-state index is 0.117. The fraction of sp³-hybridized carbons (Fsp3) is 0. The molecule has 1 heterocycles. The van der Waals surface area contributed by atoms with E-state index in [9.17, 15) is 13.6 Å². The molecule has 1 aromatic carbocycles. The minimum atomic E-state index is -0.743. The van der Waals surface area contributed by atoms with E-state index in [0.717, 1.165) is 12.1 Å². The van der Waals surface area contributed by atoms with Gasteiger partial charge in [-0.15, -0.1) is 0 Å². The normalized spacial score (nSPS) is 10.0. The Morgan fingerprint density at radius 2 is 1.82 bits per heavy atom. The Morgan fingerprint density at radius 3 is 2.47 bits per heavy atom. The lowest BCUT2D eigenvalue weighted by molar-refractivity contribution is 0.112. The molecule has 5 heteroatoms. The first kappa shape index (κ1) is 11.2. The summed E-state index contributed by atoms with van der Waals surface area (Å²) in [6.45, 7) is 0. The Balaban J connectivity index is 2.41. The molecule has 0 aliphatic carbocycles. The summed E-state index contributed by atoms with van der Waals surface area (Å²) in [6, 6.07) is 6.56. The first-order valence-corrected chi connectivity index (χ1v) is 4.83. The predicted octanol–water partition coefficient (Wildman–Crippen LogP) is 2.92. The van der Waals surface area contributed by atoms with Gasteiger partial charge < -0.3 is 5.32 Å². The largest absolute Gasteiger partial charge is 0.335 e. The number of pyridine rings is 1. The second-order valence-electron chi connectivity index (χ2n) is 3.28. The summed E-state index contributed by atoms with van der Waals surface area (Å²) in [6.07, 6.45) is 1.99. The highest BCUT2D eigenvalue weighted by Gasteiger charge is 2.10. The van der Waals surface area contributed by atoms with Crippen LogP contribution >= 0.6 is 0 Å². The summed E-state index contributed by atoms with van der Waals surface area (Å²) >= 11 is 0. The third-order valence-electron chi connectivity index (χ3n) is 2.17. The molecule has 0 unspecified atom stereocenters. The van der Waals surface area contributed by atoms with Crippen LogP contribution in [-0.2, 0) is 0 Å². The van der Waals surface area contributed by atoms with Crippen molar-refractivity contribution in [3.8, 4) is 0 Å². The number of nitrogens with one attached hydrogen (secondary N) is 1. The number of rotatable bonds is 3. The van der Waals surface area contributed by atoms with Crippen LogP contribution in [0.5, 0.6) is 0 Å². The molecule has 0 bridgehead atoms. The van der Waals surface area contributed by atoms with E-state index in [-0.39, 0.29) is 17.1 Å². The molecule has 0 saturated carbocycles. The highest BCUT2D eigenvalue weighted by Crippen LogP contribution is 2.23. The molecule has 2 rings (SSSR count). The number of carbonyl (C=O) groups excluding carboxylic acids is 1. The van der Waals surface area contributed by atoms with Crippen molar-refractivity contribution in [3.05, 3.63) is 53.7 Å². The van der Waals surface area contributed by atoms with Crippen molar-refractivity contribution in [2.45, 2.75) is 0 Å². The minimum Gasteiger partial charge on any atom is -0.335 e. The van der Waals surface area contributed by atoms with E-state index in [0.29, 0.717) is 6.29 Å². The number of aldehydes is 1. The monoisotopic (exact) mass is 234 g/mol. The topological polar surface area (TPSA) is 42.0 Å². The van der Waals surface area contributed by atoms with Crippen molar-refractivity contribution in [1.29, 1.82) is 0 Å². The number of carbonyl (C=O) groups is 1. The van der Waals surface area contributed by atoms with Crippen LogP contribution in [0.3, 0.4) is 0 Å². The lowest BCUT2D eigenvalue weighted by Crippen LogP contribution is -2.02. The van der Waals surface area contributed by atoms with Crippen molar-refractivity contribution in [2.75, 3.05) is 5.32 Å². The maximum Gasteiger partial charge on any atom is 0.153 e. The van der Waals surface area contributed by atoms with E-state index in [1.807, 2.05) is 0 Å². The Morgan fingerprint density at radius 1 is 1.12 bits per heavy atom. The van der Waals surface area contributed by atoms with Crippen LogP contribution in [0.4, 0.5) is 20.3 Å². The van der Waals surface area contributed by atoms with Crippen LogP contribution in [0.25, 0.3) is 0 Å². The summed E-state index contributed by atoms with van der Waals surface area (Å²) < 4.78 is 26.7. The van der Waals surface area contributed by atoms with Gasteiger partial charge in [0.15, 0.2) is 6.29 Å². The number of aromatic nitrogens is 1. The molecule has 0 saturated heterocycles. The van der Waals surface area contributed by atoms with Gasteiger partial charge >= 0.3 is 0 Å². The molecule has 0 aliphatic heterocycles. The van der Waals surface area contributed by atoms with Crippen LogP contribution in [-0.4, -0.2) is 11.3 Å². The third-order valence-corrected chi connectivity index (χ3v) is 2.17. The van der Waals surface area contributed by atoms with Gasteiger partial charge in [-0.1, -0.05) is 6.07 Å². The summed E-state index contributed by atoms with van der Waals surface area (Å²) in [5.74, 6) is -1.37. The molecule has 0 amide bonds. The molecule has 17 heavy (non-hydrogen) atoms. The maximum absolute atomic E-state index is 13.4. The molecular weight excluding hydrogens is 226 g/mol. The van der Waals surface area contributed by atoms with Crippen LogP contribution in [0.2, 0.25) is 0 Å². The Bertz CT molecular complexity index is 538. The molecule has 0 radical (unpaired) electrons. The Labute approximate surface area is 96.1 Å². The number of hydrogen-bond donors (Lipinski definition) is 1. The van der Waals surface area contributed by atoms with Gasteiger partial charge in [0.1, 0.15) is 23.1 Å². The quantitative estimate of drug-likeness (QED) is 0.830. The van der Waals surface area contributed by atoms with E-state index < -0.39 is 11.6 Å². The van der Waals surface area contributed by atoms with Gasteiger partial charge in [-0.2, -0.15) is 0 Å². The lowest BCUT2D eigenvalue weighted by atomic mass is 10.2. The summed E-state index contributed by atoms with van der Waals surface area (Å²) in [5, 5.41) is 2.47. The van der Waals surface area contributed by atoms with Crippen molar-refractivity contribution in [3.63, 3.8) is 0 Å². The SMILES string of the molecule is O=Cc1cccnc1Nc1c(F)cccc1F. The standard InChI is InChI=1S/C12H8F2N2O/c13-9-4-1-5-10(14)11(9)16-12-8(7-17)3-2-6-15-12/h1-7H,(H,15,16). The molecule has 86 valence electrons. The van der Waals surface area contributed by atoms with Crippen molar-refractivity contribution < 1.29 is 13.6 Å². The first-order valence-electron chi connectivity index (χ1n) is 4.83. The number of para-hydroxylation sites is 1. The van der Waals surface area contributed by atoms with E-state index in [2.05, 4.69) is 10.3 Å². The molecule has 0 atom stereocenters. The van der Waals surface area contributed by atoms with Crippen LogP contribution in [0, 0.1) is 11.6 Å². The van der Waals surface area contributed by atoms with E-state index >= 15 is 0 Å². The fourth-order valence-corrected chi connectivity index (χ4v) is 1.35. The van der Waals surface area contributed by atoms with Crippen molar-refractivity contribution in [1.82, 2.24) is 4.98 Å². The van der Waals surface area contributed by atoms with Gasteiger partial charge in [0.2, 0.25) is 0 Å². The van der Waals surface area contributed by atoms with Gasteiger partial charge in [-0.25, -0.2) is 13.8 Å². The number of halogens is 2. The first-order chi connectivity index (χ1) is 8.22. The zero-order valence-electron chi connectivity index (χ0n) is 8.65. The molecule has 1 N–H and O–H groups in total. The van der Waals surface area contributed by atoms with Gasteiger partial charge in [0.05, 0.1) is 5.56 Å². The molecule has 0 fully saturated rings. The zero-order chi connectivity index (χ0) is 12.3. The number of anilines is 2. The molecule has 2 aromatic rings. The smallest absolute Gasteiger partial charge is 0.153 e. The van der Waals surface area contributed by atoms with Crippen molar-refractivity contribution >= 4 is 17.8 Å². The van der Waals surface area contributed by atoms with E-state index in [1.54, 1.807) is 6.07 Å². The second-order valence-corrected chi connectivity index (χ2v) is 3.28. The fourth-order valence-electron chi connectivity index (χ4n) is 1.35. The number of nitrogens with zero attached hydrogens (tertiary/aromatic N) is 1. The molecule has 1 aromatic heterocycles. The van der Waals surface area contributed by atoms with Crippen molar-refractivity contribution in [2.24, 2.45) is 0 Å². The maximum atomic E-state index is 13.4. The average molecular weight is 234 g/mol. The second kappa shape index (κ2) is 4.69. The highest BCUT2D eigenvalue weighted by molar-refractivity contribution is 5.84. The highest BCUT2D eigenvalue weighted by atomic mass is 19.1. The van der Waals surface area contributed by atoms with Gasteiger partial charge in [0.25, 0.3) is 0 Å². The molecule has 3 nitrogen and oxygen atoms in total. The number of benzene rings is 1. The van der Waals surface area contributed by atoms with Crippen LogP contribution in [0.1, 0.15) is 10.4 Å².